The summed E-state index contributed by atoms with van der Waals surface area (Å²) in [4.78, 5) is 30.0. The number of rotatable bonds is 4. The summed E-state index contributed by atoms with van der Waals surface area (Å²) < 4.78 is 39.5. The summed E-state index contributed by atoms with van der Waals surface area (Å²) in [7, 11) is -0.499. The molecule has 1 fully saturated rings. The Hall–Kier alpha value is -4.00. The highest BCUT2D eigenvalue weighted by molar-refractivity contribution is 7.92. The molecule has 52 heavy (non-hydrogen) atoms. The lowest BCUT2D eigenvalue weighted by Gasteiger charge is -2.46. The molecule has 0 saturated heterocycles. The van der Waals surface area contributed by atoms with E-state index < -0.39 is 21.7 Å². The number of carbonyl (C=O) groups excluding carboxylic acids is 2. The number of aromatic nitrogens is 2. The second kappa shape index (κ2) is 14.8. The highest BCUT2D eigenvalue weighted by Crippen LogP contribution is 2.47. The van der Waals surface area contributed by atoms with Crippen LogP contribution in [0.1, 0.15) is 76.6 Å². The predicted octanol–water partition coefficient (Wildman–Crippen LogP) is 6.51. The van der Waals surface area contributed by atoms with Crippen molar-refractivity contribution in [3.63, 3.8) is 0 Å². The first kappa shape index (κ1) is 36.4. The van der Waals surface area contributed by atoms with Crippen LogP contribution in [0, 0.1) is 24.7 Å². The van der Waals surface area contributed by atoms with Crippen LogP contribution in [0.4, 0.5) is 5.69 Å². The van der Waals surface area contributed by atoms with Gasteiger partial charge >= 0.3 is 0 Å². The quantitative estimate of drug-likeness (QED) is 0.297. The number of allylic oxidation sites excluding steroid dienone is 1. The van der Waals surface area contributed by atoms with Crippen molar-refractivity contribution >= 4 is 39.0 Å². The second-order valence-electron chi connectivity index (χ2n) is 14.8. The zero-order valence-corrected chi connectivity index (χ0v) is 31.7. The van der Waals surface area contributed by atoms with E-state index in [-0.39, 0.29) is 40.2 Å². The lowest BCUT2D eigenvalue weighted by Crippen LogP contribution is -2.49. The number of hydrogen-bond donors (Lipinski definition) is 1. The van der Waals surface area contributed by atoms with Gasteiger partial charge in [-0.25, -0.2) is 4.21 Å². The smallest absolute Gasteiger partial charge is 0.286 e. The first-order valence-electron chi connectivity index (χ1n) is 18.0. The Morgan fingerprint density at radius 3 is 2.75 bits per heavy atom. The van der Waals surface area contributed by atoms with Gasteiger partial charge in [0.2, 0.25) is 5.88 Å². The van der Waals surface area contributed by atoms with Crippen LogP contribution in [0.2, 0.25) is 5.02 Å². The van der Waals surface area contributed by atoms with Crippen LogP contribution in [0.3, 0.4) is 0 Å². The Balaban J connectivity index is 1.31. The van der Waals surface area contributed by atoms with Gasteiger partial charge in [0.1, 0.15) is 21.2 Å². The van der Waals surface area contributed by atoms with Gasteiger partial charge < -0.3 is 19.1 Å². The van der Waals surface area contributed by atoms with Crippen LogP contribution in [0.25, 0.3) is 0 Å². The van der Waals surface area contributed by atoms with Gasteiger partial charge in [0, 0.05) is 36.2 Å². The highest BCUT2D eigenvalue weighted by Gasteiger charge is 2.44. The lowest BCUT2D eigenvalue weighted by molar-refractivity contribution is 0.0131. The molecule has 1 unspecified atom stereocenters. The van der Waals surface area contributed by atoms with E-state index in [1.54, 1.807) is 20.1 Å². The van der Waals surface area contributed by atoms with E-state index in [0.29, 0.717) is 42.9 Å². The Bertz CT molecular complexity index is 2030. The molecule has 2 amide bonds. The van der Waals surface area contributed by atoms with Crippen molar-refractivity contribution in [3.8, 4) is 11.6 Å². The molecule has 13 heteroatoms. The average Bonchev–Trinajstić information content (AvgIpc) is 3.25. The van der Waals surface area contributed by atoms with Gasteiger partial charge in [-0.2, -0.15) is 5.10 Å². The molecule has 6 atom stereocenters. The molecular weight excluding hydrogens is 702 g/mol. The van der Waals surface area contributed by atoms with E-state index in [9.17, 15) is 13.8 Å². The maximum atomic E-state index is 14.6. The standard InChI is InChI=1S/C39H46ClN5O6S/c1-24-7-5-9-34(49-3)30-13-10-28(30)20-45-22-39(16-6-8-26-18-29(40)12-14-32(26)39)23-51-35-15-11-27(19-33(35)45)36(46)43-52(48,21-24)44-37(47)31-17-25(2)41-42-38(31)50-4/h5,9,11-12,14-15,17-19,24,28,30,34H,6-8,10,13,16,20-23H2,1-4H3,(H,43,44,46,47,48)/b9-5-/t24-,28-,30+,34-,39-,52?/m0/s1. The van der Waals surface area contributed by atoms with E-state index in [1.165, 1.54) is 24.3 Å². The molecule has 2 aliphatic carbocycles. The average molecular weight is 748 g/mol. The molecule has 11 nitrogen and oxygen atoms in total. The number of nitrogens with zero attached hydrogens (tertiary/aromatic N) is 4. The Morgan fingerprint density at radius 2 is 1.98 bits per heavy atom. The number of amides is 2. The molecule has 2 bridgehead atoms. The minimum atomic E-state index is -3.63. The zero-order valence-electron chi connectivity index (χ0n) is 30.1. The first-order valence-corrected chi connectivity index (χ1v) is 20.1. The molecule has 3 heterocycles. The fraction of sp³-hybridized carbons (Fsp3) is 0.487. The molecule has 0 radical (unpaired) electrons. The summed E-state index contributed by atoms with van der Waals surface area (Å²) in [6.07, 6.45) is 9.72. The van der Waals surface area contributed by atoms with Crippen molar-refractivity contribution in [3.05, 3.63) is 87.6 Å². The lowest BCUT2D eigenvalue weighted by atomic mass is 9.68. The summed E-state index contributed by atoms with van der Waals surface area (Å²) in [5.74, 6) is -0.286. The SMILES string of the molecule is COc1nnc(C)cc1C(=O)NS1(=O)=NC(=O)c2ccc3c(c2)N(C[C@@H]2CC[C@H]2[C@@H](OC)/C=C\C[C@H](C)C1)C[C@@]1(CCCc2cc(Cl)ccc21)CO3. The minimum Gasteiger partial charge on any atom is -0.490 e. The largest absolute Gasteiger partial charge is 0.490 e. The van der Waals surface area contributed by atoms with Crippen molar-refractivity contribution in [2.45, 2.75) is 63.9 Å². The molecule has 1 spiro atoms. The minimum absolute atomic E-state index is 0.0196. The van der Waals surface area contributed by atoms with Gasteiger partial charge in [-0.15, -0.1) is 9.46 Å². The third-order valence-corrected chi connectivity index (χ3v) is 13.3. The fourth-order valence-electron chi connectivity index (χ4n) is 8.36. The molecule has 7 rings (SSSR count). The van der Waals surface area contributed by atoms with E-state index in [2.05, 4.69) is 48.5 Å². The van der Waals surface area contributed by atoms with Crippen molar-refractivity contribution in [1.29, 1.82) is 0 Å². The predicted molar refractivity (Wildman–Crippen MR) is 201 cm³/mol. The normalized spacial score (nSPS) is 29.3. The van der Waals surface area contributed by atoms with Crippen molar-refractivity contribution in [2.75, 3.05) is 44.6 Å². The Morgan fingerprint density at radius 1 is 1.13 bits per heavy atom. The van der Waals surface area contributed by atoms with E-state index in [0.717, 1.165) is 49.4 Å². The Labute approximate surface area is 310 Å². The van der Waals surface area contributed by atoms with E-state index in [4.69, 9.17) is 25.8 Å². The second-order valence-corrected chi connectivity index (χ2v) is 17.2. The maximum Gasteiger partial charge on any atom is 0.286 e. The van der Waals surface area contributed by atoms with E-state index >= 15 is 0 Å². The molecule has 4 aliphatic rings. The van der Waals surface area contributed by atoms with Gasteiger partial charge in [-0.1, -0.05) is 36.7 Å². The Kier molecular flexibility index (Phi) is 10.3. The first-order chi connectivity index (χ1) is 25.0. The number of hydrogen-bond acceptors (Lipinski definition) is 9. The van der Waals surface area contributed by atoms with Gasteiger partial charge in [-0.05, 0) is 111 Å². The number of benzene rings is 2. The molecule has 276 valence electrons. The van der Waals surface area contributed by atoms with E-state index in [1.807, 2.05) is 25.1 Å². The van der Waals surface area contributed by atoms with Crippen LogP contribution >= 0.6 is 11.6 Å². The summed E-state index contributed by atoms with van der Waals surface area (Å²) in [5.41, 5.74) is 3.83. The van der Waals surface area contributed by atoms with Gasteiger partial charge in [0.15, 0.2) is 0 Å². The van der Waals surface area contributed by atoms with Crippen molar-refractivity contribution < 1.29 is 28.0 Å². The topological polar surface area (TPSA) is 132 Å². The third-order valence-electron chi connectivity index (χ3n) is 11.1. The summed E-state index contributed by atoms with van der Waals surface area (Å²) in [5, 5.41) is 8.64. The molecule has 2 aliphatic heterocycles. The van der Waals surface area contributed by atoms with Gasteiger partial charge in [0.05, 0.1) is 37.0 Å². The molecule has 2 aromatic carbocycles. The van der Waals surface area contributed by atoms with Crippen LogP contribution < -0.4 is 19.1 Å². The number of aryl methyl sites for hydroxylation is 2. The van der Waals surface area contributed by atoms with Crippen LogP contribution in [0.5, 0.6) is 11.6 Å². The number of halogens is 1. The molecule has 1 aromatic heterocycles. The molecular formula is C39H46ClN5O6S. The summed E-state index contributed by atoms with van der Waals surface area (Å²) in [6, 6.07) is 13.0. The van der Waals surface area contributed by atoms with Gasteiger partial charge in [0.25, 0.3) is 11.8 Å². The van der Waals surface area contributed by atoms with Crippen molar-refractivity contribution in [1.82, 2.24) is 14.9 Å². The fourth-order valence-corrected chi connectivity index (χ4v) is 10.4. The number of fused-ring (bicyclic) bond motifs is 4. The zero-order chi connectivity index (χ0) is 36.6. The van der Waals surface area contributed by atoms with Gasteiger partial charge in [-0.3, -0.25) is 14.3 Å². The number of methoxy groups -OCH3 is 2. The van der Waals surface area contributed by atoms with Crippen molar-refractivity contribution in [2.24, 2.45) is 22.1 Å². The third kappa shape index (κ3) is 7.30. The van der Waals surface area contributed by atoms with Crippen LogP contribution in [-0.4, -0.2) is 72.0 Å². The number of anilines is 1. The molecule has 3 aromatic rings. The van der Waals surface area contributed by atoms with Crippen LogP contribution in [0.15, 0.2) is 59.0 Å². The monoisotopic (exact) mass is 747 g/mol. The summed E-state index contributed by atoms with van der Waals surface area (Å²) >= 11 is 6.46. The van der Waals surface area contributed by atoms with Crippen LogP contribution in [-0.2, 0) is 26.5 Å². The highest BCUT2D eigenvalue weighted by atomic mass is 35.5. The number of carbonyl (C=O) groups is 2. The molecule has 1 saturated carbocycles. The number of ether oxygens (including phenoxy) is 3. The number of nitrogens with one attached hydrogen (secondary N) is 1. The summed E-state index contributed by atoms with van der Waals surface area (Å²) in [6.45, 7) is 5.57. The molecule has 1 N–H and O–H groups in total. The maximum absolute atomic E-state index is 14.6.